The van der Waals surface area contributed by atoms with Gasteiger partial charge in [0.2, 0.25) is 0 Å². The summed E-state index contributed by atoms with van der Waals surface area (Å²) in [7, 11) is 1.37. The van der Waals surface area contributed by atoms with Crippen LogP contribution in [-0.4, -0.2) is 17.3 Å². The number of rotatable bonds is 3. The van der Waals surface area contributed by atoms with E-state index in [1.54, 1.807) is 0 Å². The first-order valence-electron chi connectivity index (χ1n) is 3.69. The van der Waals surface area contributed by atoms with E-state index in [1.807, 2.05) is 0 Å². The van der Waals surface area contributed by atoms with Crippen LogP contribution in [0.4, 0.5) is 5.69 Å². The zero-order valence-corrected chi connectivity index (χ0v) is 9.83. The maximum atomic E-state index is 11.0. The van der Waals surface area contributed by atoms with Crippen molar-refractivity contribution in [1.29, 1.82) is 0 Å². The van der Waals surface area contributed by atoms with Gasteiger partial charge >= 0.3 is 0 Å². The van der Waals surface area contributed by atoms with Crippen molar-refractivity contribution in [3.05, 3.63) is 32.3 Å². The van der Waals surface area contributed by atoms with E-state index in [1.165, 1.54) is 13.2 Å². The highest BCUT2D eigenvalue weighted by molar-refractivity contribution is 9.10. The number of hydrogen-bond donors (Lipinski definition) is 0. The molecule has 0 aliphatic rings. The van der Waals surface area contributed by atoms with E-state index in [9.17, 15) is 14.9 Å². The molecule has 5 nitrogen and oxygen atoms in total. The van der Waals surface area contributed by atoms with E-state index < -0.39 is 10.2 Å². The van der Waals surface area contributed by atoms with E-state index in [-0.39, 0.29) is 21.5 Å². The zero-order valence-electron chi connectivity index (χ0n) is 7.49. The molecular weight excluding hydrogens is 289 g/mol. The van der Waals surface area contributed by atoms with Gasteiger partial charge in [-0.15, -0.1) is 0 Å². The largest absolute Gasteiger partial charge is 0.496 e. The van der Waals surface area contributed by atoms with E-state index >= 15 is 0 Å². The Labute approximate surface area is 98.3 Å². The Kier molecular flexibility index (Phi) is 3.65. The third-order valence-corrected chi connectivity index (χ3v) is 2.49. The van der Waals surface area contributed by atoms with Gasteiger partial charge in [0, 0.05) is 4.47 Å². The zero-order chi connectivity index (χ0) is 11.6. The fraction of sp³-hybridized carbons (Fsp3) is 0.125. The standard InChI is InChI=1S/C8H5BrClNO4/c1-15-4-2-5(9)7(8(10)12)6(3-4)11(13)14/h2-3H,1H3. The van der Waals surface area contributed by atoms with Gasteiger partial charge in [0.25, 0.3) is 10.9 Å². The minimum absolute atomic E-state index is 0.178. The molecular formula is C8H5BrClNO4. The summed E-state index contributed by atoms with van der Waals surface area (Å²) in [5.41, 5.74) is -0.566. The quantitative estimate of drug-likeness (QED) is 0.488. The Balaban J connectivity index is 3.49. The number of hydrogen-bond acceptors (Lipinski definition) is 4. The average molecular weight is 294 g/mol. The number of nitro benzene ring substituents is 1. The first kappa shape index (κ1) is 11.9. The number of nitro groups is 1. The maximum Gasteiger partial charge on any atom is 0.286 e. The number of halogens is 2. The predicted octanol–water partition coefficient (Wildman–Crippen LogP) is 2.74. The lowest BCUT2D eigenvalue weighted by molar-refractivity contribution is -0.385. The number of methoxy groups -OCH3 is 1. The van der Waals surface area contributed by atoms with Crippen LogP contribution >= 0.6 is 27.5 Å². The molecule has 7 heteroatoms. The highest BCUT2D eigenvalue weighted by Crippen LogP contribution is 2.33. The first-order valence-corrected chi connectivity index (χ1v) is 4.86. The van der Waals surface area contributed by atoms with Gasteiger partial charge in [0.15, 0.2) is 0 Å². The molecule has 0 amide bonds. The number of nitrogens with zero attached hydrogens (tertiary/aromatic N) is 1. The highest BCUT2D eigenvalue weighted by atomic mass is 79.9. The summed E-state index contributed by atoms with van der Waals surface area (Å²) in [6.45, 7) is 0. The van der Waals surface area contributed by atoms with E-state index in [0.717, 1.165) is 6.07 Å². The Bertz CT molecular complexity index is 435. The van der Waals surface area contributed by atoms with Crippen LogP contribution in [0.25, 0.3) is 0 Å². The third-order valence-electron chi connectivity index (χ3n) is 1.67. The molecule has 0 bridgehead atoms. The van der Waals surface area contributed by atoms with Crippen LogP contribution in [0.2, 0.25) is 0 Å². The molecule has 80 valence electrons. The summed E-state index contributed by atoms with van der Waals surface area (Å²) in [5.74, 6) is 0.273. The minimum Gasteiger partial charge on any atom is -0.496 e. The predicted molar refractivity (Wildman–Crippen MR) is 57.5 cm³/mol. The average Bonchev–Trinajstić information content (AvgIpc) is 2.15. The second kappa shape index (κ2) is 4.59. The van der Waals surface area contributed by atoms with Gasteiger partial charge in [-0.25, -0.2) is 0 Å². The van der Waals surface area contributed by atoms with Crippen molar-refractivity contribution in [2.45, 2.75) is 0 Å². The summed E-state index contributed by atoms with van der Waals surface area (Å²) < 4.78 is 5.06. The molecule has 0 aliphatic heterocycles. The molecule has 0 spiro atoms. The Hall–Kier alpha value is -1.14. The topological polar surface area (TPSA) is 69.4 Å². The first-order chi connectivity index (χ1) is 6.97. The lowest BCUT2D eigenvalue weighted by atomic mass is 10.2. The Morgan fingerprint density at radius 2 is 2.20 bits per heavy atom. The van der Waals surface area contributed by atoms with Crippen molar-refractivity contribution in [2.24, 2.45) is 0 Å². The van der Waals surface area contributed by atoms with Crippen LogP contribution in [0.1, 0.15) is 10.4 Å². The van der Waals surface area contributed by atoms with Gasteiger partial charge in [0.1, 0.15) is 11.3 Å². The molecule has 1 rings (SSSR count). The molecule has 0 aliphatic carbocycles. The SMILES string of the molecule is COc1cc(Br)c(C(=O)Cl)c([N+](=O)[O-])c1. The molecule has 0 radical (unpaired) electrons. The number of benzene rings is 1. The maximum absolute atomic E-state index is 11.0. The van der Waals surface area contributed by atoms with Gasteiger partial charge in [-0.3, -0.25) is 14.9 Å². The number of carbonyl (C=O) groups excluding carboxylic acids is 1. The molecule has 0 aromatic heterocycles. The normalized spacial score (nSPS) is 9.80. The third kappa shape index (κ3) is 2.45. The molecule has 0 saturated carbocycles. The monoisotopic (exact) mass is 293 g/mol. The van der Waals surface area contributed by atoms with Crippen LogP contribution in [0.5, 0.6) is 5.75 Å². The highest BCUT2D eigenvalue weighted by Gasteiger charge is 2.23. The second-order valence-corrected chi connectivity index (χ2v) is 3.73. The van der Waals surface area contributed by atoms with Crippen LogP contribution in [0.15, 0.2) is 16.6 Å². The number of ether oxygens (including phenoxy) is 1. The molecule has 0 saturated heterocycles. The van der Waals surface area contributed by atoms with Crippen molar-refractivity contribution in [2.75, 3.05) is 7.11 Å². The fourth-order valence-electron chi connectivity index (χ4n) is 1.02. The van der Waals surface area contributed by atoms with Crippen molar-refractivity contribution in [3.8, 4) is 5.75 Å². The molecule has 0 fully saturated rings. The van der Waals surface area contributed by atoms with Gasteiger partial charge in [-0.1, -0.05) is 0 Å². The van der Waals surface area contributed by atoms with Crippen molar-refractivity contribution < 1.29 is 14.5 Å². The van der Waals surface area contributed by atoms with Crippen LogP contribution in [0, 0.1) is 10.1 Å². The molecule has 0 heterocycles. The molecule has 0 atom stereocenters. The summed E-state index contributed by atoms with van der Waals surface area (Å²) >= 11 is 8.26. The second-order valence-electron chi connectivity index (χ2n) is 2.53. The van der Waals surface area contributed by atoms with Gasteiger partial charge in [0.05, 0.1) is 18.1 Å². The van der Waals surface area contributed by atoms with E-state index in [4.69, 9.17) is 16.3 Å². The van der Waals surface area contributed by atoms with Gasteiger partial charge in [-0.2, -0.15) is 0 Å². The Morgan fingerprint density at radius 3 is 2.60 bits per heavy atom. The number of carbonyl (C=O) groups is 1. The Morgan fingerprint density at radius 1 is 1.60 bits per heavy atom. The molecule has 1 aromatic rings. The van der Waals surface area contributed by atoms with Crippen LogP contribution < -0.4 is 4.74 Å². The lowest BCUT2D eigenvalue weighted by Crippen LogP contribution is -2.00. The van der Waals surface area contributed by atoms with E-state index in [0.29, 0.717) is 0 Å². The van der Waals surface area contributed by atoms with Crippen molar-refractivity contribution in [3.63, 3.8) is 0 Å². The lowest BCUT2D eigenvalue weighted by Gasteiger charge is -2.04. The van der Waals surface area contributed by atoms with Crippen molar-refractivity contribution in [1.82, 2.24) is 0 Å². The van der Waals surface area contributed by atoms with Crippen LogP contribution in [-0.2, 0) is 0 Å². The summed E-state index contributed by atoms with van der Waals surface area (Å²) in [6.07, 6.45) is 0. The summed E-state index contributed by atoms with van der Waals surface area (Å²) in [5, 5.41) is 9.77. The minimum atomic E-state index is -0.892. The fourth-order valence-corrected chi connectivity index (χ4v) is 1.95. The molecule has 0 N–H and O–H groups in total. The summed E-state index contributed by atoms with van der Waals surface area (Å²) in [6, 6.07) is 2.57. The smallest absolute Gasteiger partial charge is 0.286 e. The molecule has 1 aromatic carbocycles. The molecule has 15 heavy (non-hydrogen) atoms. The summed E-state index contributed by atoms with van der Waals surface area (Å²) in [4.78, 5) is 21.0. The van der Waals surface area contributed by atoms with Gasteiger partial charge in [-0.05, 0) is 33.6 Å². The van der Waals surface area contributed by atoms with E-state index in [2.05, 4.69) is 15.9 Å². The van der Waals surface area contributed by atoms with Crippen molar-refractivity contribution >= 4 is 38.5 Å². The van der Waals surface area contributed by atoms with Crippen LogP contribution in [0.3, 0.4) is 0 Å². The molecule has 0 unspecified atom stereocenters. The van der Waals surface area contributed by atoms with Gasteiger partial charge < -0.3 is 4.74 Å².